The van der Waals surface area contributed by atoms with Crippen molar-refractivity contribution < 1.29 is 8.83 Å². The van der Waals surface area contributed by atoms with Crippen LogP contribution in [0.25, 0.3) is 98.8 Å². The molecule has 0 amide bonds. The predicted octanol–water partition coefficient (Wildman–Crippen LogP) is 23.2. The molecule has 87 heavy (non-hydrogen) atoms. The highest BCUT2D eigenvalue weighted by atomic mass is 16.3. The van der Waals surface area contributed by atoms with Gasteiger partial charge in [-0.2, -0.15) is 0 Å². The van der Waals surface area contributed by atoms with Gasteiger partial charge in [0.25, 0.3) is 0 Å². The van der Waals surface area contributed by atoms with Crippen molar-refractivity contribution in [2.75, 3.05) is 4.90 Å². The number of rotatable bonds is 8. The molecule has 2 aromatic heterocycles. The predicted molar refractivity (Wildman–Crippen MR) is 365 cm³/mol. The minimum Gasteiger partial charge on any atom is -0.456 e. The minimum absolute atomic E-state index is 0.138. The van der Waals surface area contributed by atoms with Crippen molar-refractivity contribution in [1.82, 2.24) is 0 Å². The molecule has 17 rings (SSSR count). The van der Waals surface area contributed by atoms with E-state index in [-0.39, 0.29) is 22.2 Å². The molecule has 422 valence electrons. The second kappa shape index (κ2) is 18.3. The lowest BCUT2D eigenvalue weighted by Gasteiger charge is -2.31. The number of hydrogen-bond acceptors (Lipinski definition) is 3. The van der Waals surface area contributed by atoms with Crippen LogP contribution in [-0.2, 0) is 22.7 Å². The zero-order chi connectivity index (χ0) is 59.2. The number of fused-ring (bicyclic) bond motifs is 19. The first kappa shape index (κ1) is 51.9. The average Bonchev–Trinajstić information content (AvgIpc) is 1.54. The van der Waals surface area contributed by atoms with E-state index in [4.69, 9.17) is 8.83 Å². The van der Waals surface area contributed by atoms with Gasteiger partial charge in [0.15, 0.2) is 5.58 Å². The van der Waals surface area contributed by atoms with E-state index < -0.39 is 0 Å². The number of aryl methyl sites for hydroxylation is 5. The van der Waals surface area contributed by atoms with Crippen molar-refractivity contribution in [1.29, 1.82) is 0 Å². The molecule has 3 aliphatic rings. The van der Waals surface area contributed by atoms with Crippen LogP contribution >= 0.6 is 0 Å². The Labute approximate surface area is 509 Å². The highest BCUT2D eigenvalue weighted by molar-refractivity contribution is 6.15. The molecule has 14 aromatic rings. The topological polar surface area (TPSA) is 29.5 Å². The summed E-state index contributed by atoms with van der Waals surface area (Å²) in [6.07, 6.45) is 1.87. The smallest absolute Gasteiger partial charge is 0.159 e. The first-order chi connectivity index (χ1) is 42.1. The van der Waals surface area contributed by atoms with Gasteiger partial charge in [0.2, 0.25) is 0 Å². The van der Waals surface area contributed by atoms with Crippen LogP contribution in [0, 0.1) is 27.7 Å². The van der Waals surface area contributed by atoms with Gasteiger partial charge in [-0.3, -0.25) is 0 Å². The fourth-order valence-electron chi connectivity index (χ4n) is 16.7. The quantitative estimate of drug-likeness (QED) is 0.152. The molecular formula is C84H69NO2. The largest absolute Gasteiger partial charge is 0.456 e. The summed E-state index contributed by atoms with van der Waals surface area (Å²) in [4.78, 5) is 2.49. The van der Waals surface area contributed by atoms with Crippen LogP contribution in [0.5, 0.6) is 0 Å². The standard InChI is InChI=1S/C84H69NO2/c1-47-33-36-52(49(3)39-47)54(60-27-19-28-61-56-23-15-17-31-76(56)86-80(60)61)37-35-51-41-71-78(58-25-13-11-21-53(51)58)65-44-67-63(42-69(65)83(71,7)8)64-43-70-66(45-68(64)82(67,5)6)79-59-26-14-12-22-55(59)75(46-72(79)84(70,9)10)85(73-38-34-48(2)40-50(73)4)74-30-20-29-62-57-24-16-18-32-77(57)87-81(62)74/h11-34,36,38-46,54H,35,37H2,1-10H3. The van der Waals surface area contributed by atoms with Crippen LogP contribution in [0.3, 0.4) is 0 Å². The van der Waals surface area contributed by atoms with Gasteiger partial charge in [-0.1, -0.05) is 204 Å². The average molecular weight is 1120 g/mol. The third-order valence-corrected chi connectivity index (χ3v) is 21.1. The lowest BCUT2D eigenvalue weighted by atomic mass is 9.78. The number of anilines is 3. The maximum Gasteiger partial charge on any atom is 0.159 e. The molecule has 2 heterocycles. The Balaban J connectivity index is 0.786. The Kier molecular flexibility index (Phi) is 10.9. The van der Waals surface area contributed by atoms with E-state index in [1.54, 1.807) is 0 Å². The second-order valence-corrected chi connectivity index (χ2v) is 27.3. The van der Waals surface area contributed by atoms with Gasteiger partial charge < -0.3 is 13.7 Å². The Morgan fingerprint density at radius 3 is 1.44 bits per heavy atom. The van der Waals surface area contributed by atoms with Gasteiger partial charge in [0.05, 0.1) is 11.4 Å². The summed E-state index contributed by atoms with van der Waals surface area (Å²) in [5, 5.41) is 9.78. The molecule has 0 aliphatic heterocycles. The number of para-hydroxylation sites is 4. The number of nitrogens with zero attached hydrogens (tertiary/aromatic N) is 1. The van der Waals surface area contributed by atoms with Crippen molar-refractivity contribution in [3.63, 3.8) is 0 Å². The Bertz CT molecular complexity index is 5320. The van der Waals surface area contributed by atoms with Crippen LogP contribution in [-0.4, -0.2) is 0 Å². The van der Waals surface area contributed by atoms with E-state index in [2.05, 4.69) is 280 Å². The first-order valence-corrected chi connectivity index (χ1v) is 31.3. The highest BCUT2D eigenvalue weighted by Gasteiger charge is 2.46. The van der Waals surface area contributed by atoms with Crippen LogP contribution < -0.4 is 4.90 Å². The number of hydrogen-bond donors (Lipinski definition) is 0. The molecule has 3 nitrogen and oxygen atoms in total. The summed E-state index contributed by atoms with van der Waals surface area (Å²) in [5.41, 5.74) is 31.9. The van der Waals surface area contributed by atoms with E-state index in [9.17, 15) is 0 Å². The van der Waals surface area contributed by atoms with Crippen molar-refractivity contribution in [2.24, 2.45) is 0 Å². The first-order valence-electron chi connectivity index (χ1n) is 31.3. The fourth-order valence-corrected chi connectivity index (χ4v) is 16.7. The van der Waals surface area contributed by atoms with E-state index in [0.717, 1.165) is 63.0 Å². The molecule has 0 N–H and O–H groups in total. The maximum absolute atomic E-state index is 6.87. The molecule has 1 atom stereocenters. The lowest BCUT2D eigenvalue weighted by molar-refractivity contribution is 0.642. The van der Waals surface area contributed by atoms with Crippen LogP contribution in [0.4, 0.5) is 17.1 Å². The third-order valence-electron chi connectivity index (χ3n) is 21.1. The molecule has 3 aliphatic carbocycles. The molecule has 0 fully saturated rings. The lowest BCUT2D eigenvalue weighted by Crippen LogP contribution is -2.18. The normalized spacial score (nSPS) is 15.1. The monoisotopic (exact) mass is 1120 g/mol. The summed E-state index contributed by atoms with van der Waals surface area (Å²) >= 11 is 0. The Morgan fingerprint density at radius 2 is 0.816 bits per heavy atom. The number of furan rings is 2. The molecule has 0 spiro atoms. The van der Waals surface area contributed by atoms with E-state index in [0.29, 0.717) is 0 Å². The Hall–Kier alpha value is -9.44. The van der Waals surface area contributed by atoms with E-state index >= 15 is 0 Å². The van der Waals surface area contributed by atoms with Crippen molar-refractivity contribution in [2.45, 2.75) is 104 Å². The van der Waals surface area contributed by atoms with Gasteiger partial charge in [0, 0.05) is 60.3 Å². The SMILES string of the molecule is Cc1ccc(C(CCc2cc3c(c4ccccc24)-c2cc4c(cc2C3(C)C)-c2cc3c(cc2C4(C)C)-c2c(cc(N(c4ccc(C)cc4C)c4cccc5c4oc4ccccc45)c4ccccc24)C3(C)C)c2cccc3c2oc2ccccc23)c(C)c1. The van der Waals surface area contributed by atoms with Gasteiger partial charge in [-0.05, 0) is 200 Å². The van der Waals surface area contributed by atoms with Crippen molar-refractivity contribution in [3.05, 3.63) is 279 Å². The van der Waals surface area contributed by atoms with E-state index in [1.807, 2.05) is 0 Å². The summed E-state index contributed by atoms with van der Waals surface area (Å²) in [6.45, 7) is 23.7. The molecule has 1 unspecified atom stereocenters. The molecule has 0 saturated heterocycles. The molecule has 0 radical (unpaired) electrons. The molecule has 0 bridgehead atoms. The second-order valence-electron chi connectivity index (χ2n) is 27.3. The summed E-state index contributed by atoms with van der Waals surface area (Å²) in [5.74, 6) is 0.138. The Morgan fingerprint density at radius 1 is 0.345 bits per heavy atom. The molecule has 0 saturated carbocycles. The third kappa shape index (κ3) is 7.29. The van der Waals surface area contributed by atoms with Crippen LogP contribution in [0.1, 0.15) is 126 Å². The van der Waals surface area contributed by atoms with Crippen molar-refractivity contribution in [3.8, 4) is 33.4 Å². The number of benzene rings is 12. The molecule has 3 heteroatoms. The molecule has 12 aromatic carbocycles. The summed E-state index contributed by atoms with van der Waals surface area (Å²) in [7, 11) is 0. The molecular weight excluding hydrogens is 1050 g/mol. The van der Waals surface area contributed by atoms with Crippen LogP contribution in [0.15, 0.2) is 215 Å². The van der Waals surface area contributed by atoms with Gasteiger partial charge in [-0.15, -0.1) is 0 Å². The summed E-state index contributed by atoms with van der Waals surface area (Å²) in [6, 6.07) is 78.2. The maximum atomic E-state index is 6.87. The summed E-state index contributed by atoms with van der Waals surface area (Å²) < 4.78 is 13.7. The van der Waals surface area contributed by atoms with Crippen molar-refractivity contribution >= 4 is 82.5 Å². The highest BCUT2D eigenvalue weighted by Crippen LogP contribution is 2.62. The minimum atomic E-state index is -0.317. The van der Waals surface area contributed by atoms with Gasteiger partial charge in [0.1, 0.15) is 16.7 Å². The zero-order valence-corrected chi connectivity index (χ0v) is 51.4. The van der Waals surface area contributed by atoms with Gasteiger partial charge >= 0.3 is 0 Å². The van der Waals surface area contributed by atoms with Gasteiger partial charge in [-0.25, -0.2) is 0 Å². The van der Waals surface area contributed by atoms with Crippen LogP contribution in [0.2, 0.25) is 0 Å². The van der Waals surface area contributed by atoms with E-state index in [1.165, 1.54) is 138 Å². The zero-order valence-electron chi connectivity index (χ0n) is 51.4. The fraction of sp³-hybridized carbons (Fsp3) is 0.190.